The average molecular weight is 337 g/mol. The molecule has 2 rings (SSSR count). The summed E-state index contributed by atoms with van der Waals surface area (Å²) in [7, 11) is 0. The first-order chi connectivity index (χ1) is 9.54. The Bertz CT molecular complexity index is 726. The quantitative estimate of drug-likeness (QED) is 0.905. The normalized spacial score (nSPS) is 9.90. The molecular weight excluding hydrogens is 330 g/mol. The highest BCUT2D eigenvalue weighted by atomic mass is 79.9. The Morgan fingerprint density at radius 3 is 2.50 bits per heavy atom. The maximum absolute atomic E-state index is 13.4. The summed E-state index contributed by atoms with van der Waals surface area (Å²) in [5.74, 6) is -1.96. The molecule has 20 heavy (non-hydrogen) atoms. The van der Waals surface area contributed by atoms with Gasteiger partial charge in [0.2, 0.25) is 0 Å². The van der Waals surface area contributed by atoms with Crippen LogP contribution in [0.15, 0.2) is 40.9 Å². The van der Waals surface area contributed by atoms with E-state index >= 15 is 0 Å². The molecule has 0 unspecified atom stereocenters. The lowest BCUT2D eigenvalue weighted by molar-refractivity contribution is 0.102. The lowest BCUT2D eigenvalue weighted by Gasteiger charge is -2.09. The number of halogens is 3. The SMILES string of the molecule is N#Cc1c(F)cccc1NC(=O)c1cccc(F)c1Br. The molecule has 0 saturated carbocycles. The van der Waals surface area contributed by atoms with Crippen LogP contribution in [0, 0.1) is 23.0 Å². The van der Waals surface area contributed by atoms with Gasteiger partial charge in [-0.05, 0) is 40.2 Å². The number of nitrogens with one attached hydrogen (secondary N) is 1. The van der Waals surface area contributed by atoms with Crippen LogP contribution in [0.1, 0.15) is 15.9 Å². The Hall–Kier alpha value is -2.26. The lowest BCUT2D eigenvalue weighted by atomic mass is 10.1. The number of hydrogen-bond donors (Lipinski definition) is 1. The van der Waals surface area contributed by atoms with Gasteiger partial charge in [-0.25, -0.2) is 8.78 Å². The molecule has 0 aromatic heterocycles. The van der Waals surface area contributed by atoms with Gasteiger partial charge in [-0.2, -0.15) is 5.26 Å². The second-order valence-electron chi connectivity index (χ2n) is 3.83. The first kappa shape index (κ1) is 14.2. The highest BCUT2D eigenvalue weighted by Crippen LogP contribution is 2.23. The molecule has 0 saturated heterocycles. The molecule has 6 heteroatoms. The molecule has 0 aliphatic heterocycles. The maximum Gasteiger partial charge on any atom is 0.256 e. The van der Waals surface area contributed by atoms with Crippen molar-refractivity contribution in [3.63, 3.8) is 0 Å². The van der Waals surface area contributed by atoms with Crippen LogP contribution in [0.5, 0.6) is 0 Å². The molecule has 100 valence electrons. The smallest absolute Gasteiger partial charge is 0.256 e. The van der Waals surface area contributed by atoms with Crippen LogP contribution in [0.3, 0.4) is 0 Å². The molecule has 3 nitrogen and oxygen atoms in total. The fraction of sp³-hybridized carbons (Fsp3) is 0. The Morgan fingerprint density at radius 2 is 1.80 bits per heavy atom. The van der Waals surface area contributed by atoms with E-state index in [4.69, 9.17) is 5.26 Å². The van der Waals surface area contributed by atoms with E-state index in [1.54, 1.807) is 6.07 Å². The molecule has 0 bridgehead atoms. The van der Waals surface area contributed by atoms with Gasteiger partial charge < -0.3 is 5.32 Å². The van der Waals surface area contributed by atoms with E-state index in [2.05, 4.69) is 21.2 Å². The Labute approximate surface area is 122 Å². The van der Waals surface area contributed by atoms with E-state index in [-0.39, 0.29) is 21.3 Å². The minimum atomic E-state index is -0.733. The molecule has 0 aliphatic carbocycles. The van der Waals surface area contributed by atoms with Crippen molar-refractivity contribution in [3.05, 3.63) is 63.6 Å². The lowest BCUT2D eigenvalue weighted by Crippen LogP contribution is -2.14. The van der Waals surface area contributed by atoms with Crippen molar-refractivity contribution in [2.45, 2.75) is 0 Å². The second kappa shape index (κ2) is 5.80. The zero-order chi connectivity index (χ0) is 14.7. The maximum atomic E-state index is 13.4. The van der Waals surface area contributed by atoms with Crippen LogP contribution in [-0.4, -0.2) is 5.91 Å². The Balaban J connectivity index is 2.36. The number of carbonyl (C=O) groups is 1. The molecule has 1 N–H and O–H groups in total. The molecule has 2 aromatic carbocycles. The summed E-state index contributed by atoms with van der Waals surface area (Å²) in [6.45, 7) is 0. The van der Waals surface area contributed by atoms with Crippen molar-refractivity contribution in [2.75, 3.05) is 5.32 Å². The van der Waals surface area contributed by atoms with Crippen LogP contribution >= 0.6 is 15.9 Å². The minimum absolute atomic E-state index is 0.00686. The van der Waals surface area contributed by atoms with E-state index in [1.807, 2.05) is 0 Å². The molecular formula is C14H7BrF2N2O. The highest BCUT2D eigenvalue weighted by molar-refractivity contribution is 9.10. The van der Waals surface area contributed by atoms with E-state index in [9.17, 15) is 13.6 Å². The fourth-order valence-corrected chi connectivity index (χ4v) is 2.06. The first-order valence-electron chi connectivity index (χ1n) is 5.48. The van der Waals surface area contributed by atoms with Crippen LogP contribution in [-0.2, 0) is 0 Å². The van der Waals surface area contributed by atoms with Gasteiger partial charge in [0.25, 0.3) is 5.91 Å². The van der Waals surface area contributed by atoms with E-state index in [1.165, 1.54) is 30.3 Å². The predicted molar refractivity (Wildman–Crippen MR) is 73.2 cm³/mol. The van der Waals surface area contributed by atoms with Crippen molar-refractivity contribution in [1.82, 2.24) is 0 Å². The number of carbonyl (C=O) groups excluding carboxylic acids is 1. The van der Waals surface area contributed by atoms with Gasteiger partial charge in [0.05, 0.1) is 15.7 Å². The number of amides is 1. The van der Waals surface area contributed by atoms with Crippen molar-refractivity contribution in [2.24, 2.45) is 0 Å². The number of nitriles is 1. The average Bonchev–Trinajstić information content (AvgIpc) is 2.42. The summed E-state index contributed by atoms with van der Waals surface area (Å²) in [6.07, 6.45) is 0. The Kier molecular flexibility index (Phi) is 4.11. The number of benzene rings is 2. The predicted octanol–water partition coefficient (Wildman–Crippen LogP) is 3.85. The second-order valence-corrected chi connectivity index (χ2v) is 4.62. The summed E-state index contributed by atoms with van der Waals surface area (Å²) < 4.78 is 26.8. The highest BCUT2D eigenvalue weighted by Gasteiger charge is 2.16. The molecule has 0 heterocycles. The van der Waals surface area contributed by atoms with Gasteiger partial charge in [0.15, 0.2) is 0 Å². The van der Waals surface area contributed by atoms with Crippen molar-refractivity contribution >= 4 is 27.5 Å². The van der Waals surface area contributed by atoms with Crippen molar-refractivity contribution in [3.8, 4) is 6.07 Å². The van der Waals surface area contributed by atoms with Gasteiger partial charge in [-0.15, -0.1) is 0 Å². The number of rotatable bonds is 2. The molecule has 0 aliphatic rings. The monoisotopic (exact) mass is 336 g/mol. The zero-order valence-corrected chi connectivity index (χ0v) is 11.5. The molecule has 0 spiro atoms. The molecule has 0 radical (unpaired) electrons. The molecule has 1 amide bonds. The number of anilines is 1. The topological polar surface area (TPSA) is 52.9 Å². The summed E-state index contributed by atoms with van der Waals surface area (Å²) in [6, 6.07) is 9.54. The largest absolute Gasteiger partial charge is 0.321 e. The van der Waals surface area contributed by atoms with Crippen LogP contribution in [0.4, 0.5) is 14.5 Å². The fourth-order valence-electron chi connectivity index (χ4n) is 1.61. The third-order valence-corrected chi connectivity index (χ3v) is 3.38. The third-order valence-electron chi connectivity index (χ3n) is 2.57. The number of nitrogens with zero attached hydrogens (tertiary/aromatic N) is 1. The summed E-state index contributed by atoms with van der Waals surface area (Å²) in [4.78, 5) is 12.0. The molecule has 2 aromatic rings. The van der Waals surface area contributed by atoms with Gasteiger partial charge in [0, 0.05) is 0 Å². The molecule has 0 atom stereocenters. The van der Waals surface area contributed by atoms with E-state index in [0.29, 0.717) is 0 Å². The number of hydrogen-bond acceptors (Lipinski definition) is 2. The van der Waals surface area contributed by atoms with Crippen molar-refractivity contribution in [1.29, 1.82) is 5.26 Å². The van der Waals surface area contributed by atoms with Crippen molar-refractivity contribution < 1.29 is 13.6 Å². The first-order valence-corrected chi connectivity index (χ1v) is 6.28. The van der Waals surface area contributed by atoms with Gasteiger partial charge in [0.1, 0.15) is 23.3 Å². The summed E-state index contributed by atoms with van der Waals surface area (Å²) >= 11 is 2.97. The zero-order valence-electron chi connectivity index (χ0n) is 9.95. The molecule has 0 fully saturated rings. The third kappa shape index (κ3) is 2.68. The van der Waals surface area contributed by atoms with Gasteiger partial charge in [-0.3, -0.25) is 4.79 Å². The van der Waals surface area contributed by atoms with Gasteiger partial charge >= 0.3 is 0 Å². The van der Waals surface area contributed by atoms with E-state index in [0.717, 1.165) is 6.07 Å². The minimum Gasteiger partial charge on any atom is -0.321 e. The summed E-state index contributed by atoms with van der Waals surface area (Å²) in [5, 5.41) is 11.3. The van der Waals surface area contributed by atoms with Gasteiger partial charge in [-0.1, -0.05) is 12.1 Å². The summed E-state index contributed by atoms with van der Waals surface area (Å²) in [5.41, 5.74) is -0.180. The van der Waals surface area contributed by atoms with Crippen LogP contribution < -0.4 is 5.32 Å². The van der Waals surface area contributed by atoms with E-state index < -0.39 is 17.5 Å². The van der Waals surface area contributed by atoms with Crippen LogP contribution in [0.25, 0.3) is 0 Å². The van der Waals surface area contributed by atoms with Crippen LogP contribution in [0.2, 0.25) is 0 Å². The standard InChI is InChI=1S/C14H7BrF2N2O/c15-13-8(3-1-5-11(13)17)14(20)19-12-6-2-4-10(16)9(12)7-18/h1-6H,(H,19,20). The Morgan fingerprint density at radius 1 is 1.15 bits per heavy atom.